The molecule has 0 saturated carbocycles. The van der Waals surface area contributed by atoms with Gasteiger partial charge in [-0.3, -0.25) is 20.4 Å². The van der Waals surface area contributed by atoms with E-state index < -0.39 is 12.0 Å². The largest absolute Gasteiger partial charge is 0.494 e. The topological polar surface area (TPSA) is 92.4 Å². The van der Waals surface area contributed by atoms with Gasteiger partial charge in [-0.05, 0) is 56.7 Å². The maximum atomic E-state index is 12.3. The molecule has 0 aliphatic carbocycles. The van der Waals surface area contributed by atoms with Crippen LogP contribution in [-0.4, -0.2) is 29.5 Å². The van der Waals surface area contributed by atoms with Gasteiger partial charge in [0.1, 0.15) is 11.5 Å². The average Bonchev–Trinajstić information content (AvgIpc) is 3.03. The summed E-state index contributed by atoms with van der Waals surface area (Å²) in [6, 6.07) is 14.8. The lowest BCUT2D eigenvalue weighted by molar-refractivity contribution is -0.132. The summed E-state index contributed by atoms with van der Waals surface area (Å²) in [5.74, 6) is 0.524. The second kappa shape index (κ2) is 9.14. The van der Waals surface area contributed by atoms with Gasteiger partial charge in [-0.25, -0.2) is 0 Å². The van der Waals surface area contributed by atoms with Crippen molar-refractivity contribution in [2.45, 2.75) is 33.3 Å². The van der Waals surface area contributed by atoms with Crippen LogP contribution in [0.4, 0.5) is 0 Å². The maximum Gasteiger partial charge on any atom is 0.279 e. The molecule has 1 atom stereocenters. The second-order valence-corrected chi connectivity index (χ2v) is 6.65. The number of hydrogen-bond donors (Lipinski definition) is 3. The number of H-pyrrole nitrogens is 1. The number of fused-ring (bicyclic) bond motifs is 1. The fraction of sp³-hybridized carbons (Fsp3) is 0.273. The number of nitrogens with one attached hydrogen (secondary N) is 3. The van der Waals surface area contributed by atoms with Crippen LogP contribution in [0.5, 0.6) is 11.5 Å². The van der Waals surface area contributed by atoms with Crippen LogP contribution in [-0.2, 0) is 16.0 Å². The van der Waals surface area contributed by atoms with Crippen molar-refractivity contribution in [1.82, 2.24) is 15.8 Å². The van der Waals surface area contributed by atoms with Crippen molar-refractivity contribution >= 4 is 22.7 Å². The third kappa shape index (κ3) is 5.07. The summed E-state index contributed by atoms with van der Waals surface area (Å²) in [6.45, 7) is 6.03. The molecule has 3 rings (SSSR count). The minimum absolute atomic E-state index is 0.157. The highest BCUT2D eigenvalue weighted by Crippen LogP contribution is 2.22. The average molecular weight is 395 g/mol. The van der Waals surface area contributed by atoms with Crippen molar-refractivity contribution in [3.63, 3.8) is 0 Å². The Hall–Kier alpha value is -3.48. The SMILES string of the molecule is CCOc1ccc(OC(C)C(=O)NNC(=O)Cc2c(C)[nH]c3ccccc23)cc1. The maximum absolute atomic E-state index is 12.3. The number of aromatic nitrogens is 1. The van der Waals surface area contributed by atoms with Gasteiger partial charge in [-0.1, -0.05) is 18.2 Å². The molecule has 0 saturated heterocycles. The van der Waals surface area contributed by atoms with Crippen LogP contribution in [0.3, 0.4) is 0 Å². The van der Waals surface area contributed by atoms with Gasteiger partial charge < -0.3 is 14.5 Å². The van der Waals surface area contributed by atoms with E-state index in [1.54, 1.807) is 31.2 Å². The molecule has 0 fully saturated rings. The van der Waals surface area contributed by atoms with Crippen LogP contribution in [0.1, 0.15) is 25.1 Å². The van der Waals surface area contributed by atoms with Crippen molar-refractivity contribution in [1.29, 1.82) is 0 Å². The first kappa shape index (κ1) is 20.3. The Balaban J connectivity index is 1.51. The molecular weight excluding hydrogens is 370 g/mol. The Kier molecular flexibility index (Phi) is 6.39. The summed E-state index contributed by atoms with van der Waals surface area (Å²) in [4.78, 5) is 27.8. The van der Waals surface area contributed by atoms with Crippen LogP contribution in [0, 0.1) is 6.92 Å². The molecule has 0 radical (unpaired) electrons. The van der Waals surface area contributed by atoms with E-state index in [-0.39, 0.29) is 12.3 Å². The van der Waals surface area contributed by atoms with E-state index in [1.165, 1.54) is 0 Å². The lowest BCUT2D eigenvalue weighted by atomic mass is 10.1. The minimum Gasteiger partial charge on any atom is -0.494 e. The van der Waals surface area contributed by atoms with Gasteiger partial charge in [0, 0.05) is 16.6 Å². The number of carbonyl (C=O) groups is 2. The standard InChI is InChI=1S/C22H25N3O4/c1-4-28-16-9-11-17(12-10-16)29-15(3)22(27)25-24-21(26)13-19-14(2)23-20-8-6-5-7-18(19)20/h5-12,15,23H,4,13H2,1-3H3,(H,24,26)(H,25,27). The highest BCUT2D eigenvalue weighted by Gasteiger charge is 2.17. The molecule has 0 aliphatic rings. The molecule has 3 N–H and O–H groups in total. The predicted molar refractivity (Wildman–Crippen MR) is 111 cm³/mol. The van der Waals surface area contributed by atoms with E-state index in [2.05, 4.69) is 15.8 Å². The van der Waals surface area contributed by atoms with Crippen molar-refractivity contribution in [2.75, 3.05) is 6.61 Å². The normalized spacial score (nSPS) is 11.7. The number of aryl methyl sites for hydroxylation is 1. The van der Waals surface area contributed by atoms with Crippen LogP contribution < -0.4 is 20.3 Å². The first-order chi connectivity index (χ1) is 14.0. The molecule has 0 spiro atoms. The van der Waals surface area contributed by atoms with Gasteiger partial charge in [0.15, 0.2) is 6.10 Å². The first-order valence-electron chi connectivity index (χ1n) is 9.52. The van der Waals surface area contributed by atoms with E-state index in [0.717, 1.165) is 27.9 Å². The molecule has 1 heterocycles. The summed E-state index contributed by atoms with van der Waals surface area (Å²) in [6.07, 6.45) is -0.618. The molecule has 7 heteroatoms. The quantitative estimate of drug-likeness (QED) is 0.536. The highest BCUT2D eigenvalue weighted by atomic mass is 16.5. The van der Waals surface area contributed by atoms with E-state index in [4.69, 9.17) is 9.47 Å². The van der Waals surface area contributed by atoms with Gasteiger partial charge in [0.25, 0.3) is 5.91 Å². The Morgan fingerprint density at radius 1 is 1.03 bits per heavy atom. The number of amides is 2. The number of benzene rings is 2. The number of aromatic amines is 1. The molecule has 0 aliphatic heterocycles. The van der Waals surface area contributed by atoms with Crippen molar-refractivity contribution in [3.8, 4) is 11.5 Å². The number of para-hydroxylation sites is 1. The molecule has 29 heavy (non-hydrogen) atoms. The number of ether oxygens (including phenoxy) is 2. The fourth-order valence-electron chi connectivity index (χ4n) is 3.04. The Bertz CT molecular complexity index is 995. The summed E-state index contributed by atoms with van der Waals surface area (Å²) >= 11 is 0. The number of hydrazine groups is 1. The van der Waals surface area contributed by atoms with Crippen molar-refractivity contribution < 1.29 is 19.1 Å². The van der Waals surface area contributed by atoms with Gasteiger partial charge in [-0.2, -0.15) is 0 Å². The van der Waals surface area contributed by atoms with Crippen molar-refractivity contribution in [3.05, 3.63) is 59.8 Å². The molecule has 2 amide bonds. The monoisotopic (exact) mass is 395 g/mol. The molecule has 0 bridgehead atoms. The zero-order valence-electron chi connectivity index (χ0n) is 16.7. The van der Waals surface area contributed by atoms with Crippen molar-refractivity contribution in [2.24, 2.45) is 0 Å². The Morgan fingerprint density at radius 2 is 1.72 bits per heavy atom. The summed E-state index contributed by atoms with van der Waals surface area (Å²) in [5, 5.41) is 0.999. The third-order valence-corrected chi connectivity index (χ3v) is 4.51. The lowest BCUT2D eigenvalue weighted by Gasteiger charge is -2.15. The number of carbonyl (C=O) groups excluding carboxylic acids is 2. The minimum atomic E-state index is -0.775. The van der Waals surface area contributed by atoms with Crippen LogP contribution >= 0.6 is 0 Å². The van der Waals surface area contributed by atoms with E-state index in [1.807, 2.05) is 38.1 Å². The summed E-state index contributed by atoms with van der Waals surface area (Å²) in [7, 11) is 0. The van der Waals surface area contributed by atoms with Gasteiger partial charge in [0.05, 0.1) is 13.0 Å². The molecule has 7 nitrogen and oxygen atoms in total. The van der Waals surface area contributed by atoms with E-state index in [0.29, 0.717) is 12.4 Å². The molecule has 2 aromatic carbocycles. The van der Waals surface area contributed by atoms with E-state index in [9.17, 15) is 9.59 Å². The number of rotatable bonds is 7. The highest BCUT2D eigenvalue weighted by molar-refractivity contribution is 5.91. The fourth-order valence-corrected chi connectivity index (χ4v) is 3.04. The zero-order valence-corrected chi connectivity index (χ0v) is 16.7. The van der Waals surface area contributed by atoms with Crippen LogP contribution in [0.2, 0.25) is 0 Å². The predicted octanol–water partition coefficient (Wildman–Crippen LogP) is 3.03. The molecule has 152 valence electrons. The first-order valence-corrected chi connectivity index (χ1v) is 9.52. The lowest BCUT2D eigenvalue weighted by Crippen LogP contribution is -2.47. The van der Waals surface area contributed by atoms with Crippen LogP contribution in [0.15, 0.2) is 48.5 Å². The van der Waals surface area contributed by atoms with Gasteiger partial charge >= 0.3 is 0 Å². The van der Waals surface area contributed by atoms with E-state index >= 15 is 0 Å². The second-order valence-electron chi connectivity index (χ2n) is 6.65. The number of hydrogen-bond acceptors (Lipinski definition) is 4. The zero-order chi connectivity index (χ0) is 20.8. The van der Waals surface area contributed by atoms with Gasteiger partial charge in [-0.15, -0.1) is 0 Å². The summed E-state index contributed by atoms with van der Waals surface area (Å²) in [5.41, 5.74) is 7.69. The summed E-state index contributed by atoms with van der Waals surface area (Å²) < 4.78 is 11.0. The molecule has 1 unspecified atom stereocenters. The molecule has 3 aromatic rings. The van der Waals surface area contributed by atoms with Crippen LogP contribution in [0.25, 0.3) is 10.9 Å². The smallest absolute Gasteiger partial charge is 0.279 e. The molecule has 1 aromatic heterocycles. The third-order valence-electron chi connectivity index (χ3n) is 4.51. The Morgan fingerprint density at radius 3 is 2.45 bits per heavy atom. The van der Waals surface area contributed by atoms with Gasteiger partial charge in [0.2, 0.25) is 5.91 Å². The molecular formula is C22H25N3O4. The Labute approximate surface area is 169 Å².